The summed E-state index contributed by atoms with van der Waals surface area (Å²) < 4.78 is 27.7. The molecule has 0 aliphatic carbocycles. The average molecular weight is 311 g/mol. The standard InChI is InChI=1S/C13H15F2N5O2/c1-13(2,3)20(12(21)22)8-6-9(10(14)15)11(16-7-8)19-5-4-17-18-19/h4-7,10H,1-3H3,(H,21,22). The highest BCUT2D eigenvalue weighted by Crippen LogP contribution is 2.31. The van der Waals surface area contributed by atoms with Crippen LogP contribution in [0.4, 0.5) is 19.3 Å². The lowest BCUT2D eigenvalue weighted by atomic mass is 10.1. The highest BCUT2D eigenvalue weighted by Gasteiger charge is 2.30. The van der Waals surface area contributed by atoms with Crippen molar-refractivity contribution < 1.29 is 18.7 Å². The number of pyridine rings is 1. The van der Waals surface area contributed by atoms with Gasteiger partial charge in [0.25, 0.3) is 6.43 Å². The maximum absolute atomic E-state index is 13.3. The number of hydrogen-bond acceptors (Lipinski definition) is 4. The maximum atomic E-state index is 13.3. The number of anilines is 1. The molecule has 0 aromatic carbocycles. The number of hydrogen-bond donors (Lipinski definition) is 1. The molecule has 2 aromatic rings. The van der Waals surface area contributed by atoms with Crippen molar-refractivity contribution >= 4 is 11.8 Å². The van der Waals surface area contributed by atoms with Gasteiger partial charge in [0.2, 0.25) is 0 Å². The molecule has 0 bridgehead atoms. The molecule has 2 heterocycles. The first-order valence-corrected chi connectivity index (χ1v) is 6.39. The highest BCUT2D eigenvalue weighted by molar-refractivity contribution is 5.87. The van der Waals surface area contributed by atoms with E-state index < -0.39 is 23.6 Å². The Bertz CT molecular complexity index is 668. The number of amides is 1. The molecule has 0 saturated heterocycles. The van der Waals surface area contributed by atoms with Crippen molar-refractivity contribution in [3.05, 3.63) is 30.2 Å². The summed E-state index contributed by atoms with van der Waals surface area (Å²) >= 11 is 0. The van der Waals surface area contributed by atoms with E-state index in [4.69, 9.17) is 0 Å². The third-order valence-corrected chi connectivity index (χ3v) is 2.88. The average Bonchev–Trinajstić information content (AvgIpc) is 2.90. The van der Waals surface area contributed by atoms with Crippen molar-refractivity contribution in [2.45, 2.75) is 32.7 Å². The largest absolute Gasteiger partial charge is 0.465 e. The molecular weight excluding hydrogens is 296 g/mol. The molecule has 2 aromatic heterocycles. The minimum atomic E-state index is -2.83. The number of aromatic nitrogens is 4. The van der Waals surface area contributed by atoms with E-state index in [9.17, 15) is 18.7 Å². The summed E-state index contributed by atoms with van der Waals surface area (Å²) in [6.45, 7) is 4.98. The van der Waals surface area contributed by atoms with Gasteiger partial charge in [0.15, 0.2) is 5.82 Å². The van der Waals surface area contributed by atoms with Crippen molar-refractivity contribution in [3.63, 3.8) is 0 Å². The van der Waals surface area contributed by atoms with Crippen LogP contribution in [0.5, 0.6) is 0 Å². The predicted molar refractivity (Wildman–Crippen MR) is 74.4 cm³/mol. The summed E-state index contributed by atoms with van der Waals surface area (Å²) in [5, 5.41) is 16.5. The van der Waals surface area contributed by atoms with Crippen LogP contribution in [0, 0.1) is 0 Å². The van der Waals surface area contributed by atoms with Crippen molar-refractivity contribution in [2.24, 2.45) is 0 Å². The van der Waals surface area contributed by atoms with Crippen LogP contribution in [-0.4, -0.2) is 36.7 Å². The third-order valence-electron chi connectivity index (χ3n) is 2.88. The van der Waals surface area contributed by atoms with Crippen LogP contribution in [0.1, 0.15) is 32.8 Å². The van der Waals surface area contributed by atoms with Crippen LogP contribution in [-0.2, 0) is 0 Å². The third kappa shape index (κ3) is 3.02. The Kier molecular flexibility index (Phi) is 4.07. The van der Waals surface area contributed by atoms with Gasteiger partial charge in [-0.15, -0.1) is 5.10 Å². The molecule has 0 atom stereocenters. The first-order chi connectivity index (χ1) is 10.2. The van der Waals surface area contributed by atoms with Crippen LogP contribution in [0.2, 0.25) is 0 Å². The van der Waals surface area contributed by atoms with Crippen LogP contribution in [0.15, 0.2) is 24.7 Å². The molecule has 7 nitrogen and oxygen atoms in total. The number of carboxylic acid groups (broad SMARTS) is 1. The molecule has 0 fully saturated rings. The summed E-state index contributed by atoms with van der Waals surface area (Å²) in [5.41, 5.74) is -1.15. The van der Waals surface area contributed by atoms with Gasteiger partial charge in [0.05, 0.1) is 29.8 Å². The lowest BCUT2D eigenvalue weighted by Crippen LogP contribution is -2.45. The first kappa shape index (κ1) is 15.8. The van der Waals surface area contributed by atoms with Crippen molar-refractivity contribution in [1.29, 1.82) is 0 Å². The quantitative estimate of drug-likeness (QED) is 0.942. The zero-order valence-corrected chi connectivity index (χ0v) is 12.2. The van der Waals surface area contributed by atoms with Crippen LogP contribution >= 0.6 is 0 Å². The van der Waals surface area contributed by atoms with Gasteiger partial charge < -0.3 is 5.11 Å². The van der Waals surface area contributed by atoms with Crippen molar-refractivity contribution in [2.75, 3.05) is 4.90 Å². The fourth-order valence-corrected chi connectivity index (χ4v) is 2.04. The summed E-state index contributed by atoms with van der Waals surface area (Å²) in [4.78, 5) is 16.3. The number of rotatable bonds is 3. The molecule has 0 spiro atoms. The minimum Gasteiger partial charge on any atom is -0.465 e. The normalized spacial score (nSPS) is 11.7. The summed E-state index contributed by atoms with van der Waals surface area (Å²) in [6, 6.07) is 1.11. The van der Waals surface area contributed by atoms with Gasteiger partial charge in [-0.2, -0.15) is 0 Å². The minimum absolute atomic E-state index is 0.0687. The Morgan fingerprint density at radius 1 is 1.41 bits per heavy atom. The summed E-state index contributed by atoms with van der Waals surface area (Å²) in [6.07, 6.45) is -0.136. The first-order valence-electron chi connectivity index (χ1n) is 6.39. The Morgan fingerprint density at radius 2 is 2.09 bits per heavy atom. The Balaban J connectivity index is 2.57. The maximum Gasteiger partial charge on any atom is 0.412 e. The second kappa shape index (κ2) is 5.66. The molecule has 1 amide bonds. The van der Waals surface area contributed by atoms with Crippen LogP contribution in [0.3, 0.4) is 0 Å². The van der Waals surface area contributed by atoms with E-state index in [1.807, 2.05) is 0 Å². The second-order valence-electron chi connectivity index (χ2n) is 5.54. The number of halogens is 2. The summed E-state index contributed by atoms with van der Waals surface area (Å²) in [5.74, 6) is -0.0875. The number of alkyl halides is 2. The van der Waals surface area contributed by atoms with Gasteiger partial charge in [-0.3, -0.25) is 4.90 Å². The van der Waals surface area contributed by atoms with E-state index in [0.717, 1.165) is 15.6 Å². The van der Waals surface area contributed by atoms with Crippen molar-refractivity contribution in [1.82, 2.24) is 20.0 Å². The van der Waals surface area contributed by atoms with Gasteiger partial charge in [-0.05, 0) is 26.8 Å². The Labute approximate surface area is 125 Å². The second-order valence-corrected chi connectivity index (χ2v) is 5.54. The highest BCUT2D eigenvalue weighted by atomic mass is 19.3. The zero-order chi connectivity index (χ0) is 16.5. The summed E-state index contributed by atoms with van der Waals surface area (Å²) in [7, 11) is 0. The van der Waals surface area contributed by atoms with E-state index in [2.05, 4.69) is 15.3 Å². The zero-order valence-electron chi connectivity index (χ0n) is 12.2. The van der Waals surface area contributed by atoms with E-state index >= 15 is 0 Å². The van der Waals surface area contributed by atoms with Crippen LogP contribution in [0.25, 0.3) is 5.82 Å². The number of carbonyl (C=O) groups is 1. The molecule has 0 saturated carbocycles. The SMILES string of the molecule is CC(C)(C)N(C(=O)O)c1cnc(-n2ccnn2)c(C(F)F)c1. The van der Waals surface area contributed by atoms with E-state index in [-0.39, 0.29) is 11.5 Å². The fourth-order valence-electron chi connectivity index (χ4n) is 2.04. The lowest BCUT2D eigenvalue weighted by Gasteiger charge is -2.33. The van der Waals surface area contributed by atoms with Crippen molar-refractivity contribution in [3.8, 4) is 5.82 Å². The Morgan fingerprint density at radius 3 is 2.55 bits per heavy atom. The predicted octanol–water partition coefficient (Wildman–Crippen LogP) is 2.88. The van der Waals surface area contributed by atoms with Gasteiger partial charge in [0.1, 0.15) is 0 Å². The fraction of sp³-hybridized carbons (Fsp3) is 0.385. The molecular formula is C13H15F2N5O2. The monoisotopic (exact) mass is 311 g/mol. The van der Waals surface area contributed by atoms with E-state index in [1.165, 1.54) is 18.6 Å². The van der Waals surface area contributed by atoms with E-state index in [1.54, 1.807) is 20.8 Å². The van der Waals surface area contributed by atoms with Gasteiger partial charge in [0, 0.05) is 5.54 Å². The molecule has 9 heteroatoms. The molecule has 1 N–H and O–H groups in total. The molecule has 22 heavy (non-hydrogen) atoms. The van der Waals surface area contributed by atoms with Gasteiger partial charge in [-0.1, -0.05) is 5.21 Å². The molecule has 0 unspecified atom stereocenters. The molecule has 118 valence electrons. The molecule has 2 rings (SSSR count). The Hall–Kier alpha value is -2.58. The van der Waals surface area contributed by atoms with Gasteiger partial charge >= 0.3 is 6.09 Å². The molecule has 0 radical (unpaired) electrons. The molecule has 0 aliphatic heterocycles. The van der Waals surface area contributed by atoms with Crippen LogP contribution < -0.4 is 4.90 Å². The van der Waals surface area contributed by atoms with E-state index in [0.29, 0.717) is 0 Å². The smallest absolute Gasteiger partial charge is 0.412 e. The molecule has 0 aliphatic rings. The topological polar surface area (TPSA) is 84.1 Å². The lowest BCUT2D eigenvalue weighted by molar-refractivity contribution is 0.150. The van der Waals surface area contributed by atoms with Gasteiger partial charge in [-0.25, -0.2) is 23.2 Å². The number of nitrogens with zero attached hydrogens (tertiary/aromatic N) is 5.